The summed E-state index contributed by atoms with van der Waals surface area (Å²) in [5.41, 5.74) is 1.88. The van der Waals surface area contributed by atoms with Gasteiger partial charge in [0.25, 0.3) is 0 Å². The summed E-state index contributed by atoms with van der Waals surface area (Å²) in [6.45, 7) is 2.52. The first kappa shape index (κ1) is 28.6. The van der Waals surface area contributed by atoms with Gasteiger partial charge in [0.2, 0.25) is 5.88 Å². The van der Waals surface area contributed by atoms with Gasteiger partial charge in [-0.3, -0.25) is 0 Å². The normalized spacial score (nSPS) is 15.1. The average Bonchev–Trinajstić information content (AvgIpc) is 3.47. The molecule has 4 heterocycles. The van der Waals surface area contributed by atoms with Crippen LogP contribution in [0.5, 0.6) is 5.88 Å². The van der Waals surface area contributed by atoms with Crippen molar-refractivity contribution >= 4 is 46.1 Å². The van der Waals surface area contributed by atoms with E-state index in [-0.39, 0.29) is 39.5 Å². The molecule has 7 nitrogen and oxygen atoms in total. The largest absolute Gasteiger partial charge is 0.479 e. The molecule has 37 heavy (non-hydrogen) atoms. The van der Waals surface area contributed by atoms with E-state index in [9.17, 15) is 13.2 Å². The molecule has 1 aliphatic heterocycles. The van der Waals surface area contributed by atoms with Crippen LogP contribution in [-0.2, 0) is 12.7 Å². The Kier molecular flexibility index (Phi) is 8.96. The Balaban J connectivity index is 0.00000190. The van der Waals surface area contributed by atoms with E-state index in [1.165, 1.54) is 12.1 Å². The fourth-order valence-electron chi connectivity index (χ4n) is 4.39. The highest BCUT2D eigenvalue weighted by atomic mass is 79.9. The first-order valence-electron chi connectivity index (χ1n) is 11.2. The molecule has 196 valence electrons. The summed E-state index contributed by atoms with van der Waals surface area (Å²) in [5.74, 6) is 0.938. The molecule has 0 bridgehead atoms. The van der Waals surface area contributed by atoms with Gasteiger partial charge in [0.1, 0.15) is 11.5 Å². The molecule has 0 aliphatic carbocycles. The second-order valence-corrected chi connectivity index (χ2v) is 8.35. The lowest BCUT2D eigenvalue weighted by molar-refractivity contribution is -0.138. The number of pyridine rings is 1. The number of methoxy groups -OCH3 is 1. The number of benzene rings is 1. The zero-order valence-electron chi connectivity index (χ0n) is 20.0. The van der Waals surface area contributed by atoms with Gasteiger partial charge in [-0.05, 0) is 55.7 Å². The van der Waals surface area contributed by atoms with E-state index < -0.39 is 17.7 Å². The molecule has 0 radical (unpaired) electrons. The number of aromatic nitrogens is 6. The van der Waals surface area contributed by atoms with Gasteiger partial charge in [-0.2, -0.15) is 18.3 Å². The first-order valence-corrected chi connectivity index (χ1v) is 11.2. The van der Waals surface area contributed by atoms with Gasteiger partial charge in [-0.25, -0.2) is 19.6 Å². The van der Waals surface area contributed by atoms with Crippen molar-refractivity contribution in [3.05, 3.63) is 83.1 Å². The first-order chi connectivity index (χ1) is 16.8. The van der Waals surface area contributed by atoms with Crippen LogP contribution in [-0.4, -0.2) is 36.4 Å². The molecule has 3 aromatic heterocycles. The van der Waals surface area contributed by atoms with E-state index in [2.05, 4.69) is 20.1 Å². The number of fused-ring (bicyclic) bond motifs is 1. The third kappa shape index (κ3) is 5.96. The van der Waals surface area contributed by atoms with Crippen LogP contribution >= 0.6 is 34.0 Å². The van der Waals surface area contributed by atoms with Gasteiger partial charge in [-0.1, -0.05) is 18.2 Å². The summed E-state index contributed by atoms with van der Waals surface area (Å²) in [6.07, 6.45) is 3.92. The average molecular weight is 642 g/mol. The van der Waals surface area contributed by atoms with E-state index >= 15 is 0 Å². The van der Waals surface area contributed by atoms with E-state index in [1.807, 2.05) is 29.8 Å². The molecule has 5 rings (SSSR count). The van der Waals surface area contributed by atoms with Crippen molar-refractivity contribution in [1.29, 1.82) is 0 Å². The fraction of sp³-hybridized carbons (Fsp3) is 0.280. The summed E-state index contributed by atoms with van der Waals surface area (Å²) < 4.78 is 49.8. The molecule has 12 heteroatoms. The van der Waals surface area contributed by atoms with Crippen molar-refractivity contribution < 1.29 is 17.9 Å². The second-order valence-electron chi connectivity index (χ2n) is 8.35. The summed E-state index contributed by atoms with van der Waals surface area (Å²) in [4.78, 5) is 13.3. The third-order valence-corrected chi connectivity index (χ3v) is 5.98. The molecular formula is C25H25Br2F3N6O. The fourth-order valence-corrected chi connectivity index (χ4v) is 4.39. The number of ether oxygens (including phenoxy) is 1. The highest BCUT2D eigenvalue weighted by Crippen LogP contribution is 2.40. The highest BCUT2D eigenvalue weighted by molar-refractivity contribution is 8.93. The van der Waals surface area contributed by atoms with Gasteiger partial charge >= 0.3 is 6.18 Å². The van der Waals surface area contributed by atoms with Crippen LogP contribution < -0.4 is 4.74 Å². The standard InChI is InChI=1S/C25H23F3N6O.2BrH/c1-16-14-33(15-29-16)21-11-9-17(30-24(21)35-2)10-12-22-31-23-19(7-5-13-34(23)32-22)18-6-3-4-8-20(18)25(26,27)28;;/h3-4,6,8-12,14-15,19H,5,7,13H2,1-2H3;2*1H/b12-10+;;/t19-;;/m0../s1. The molecule has 0 fully saturated rings. The van der Waals surface area contributed by atoms with Gasteiger partial charge in [0, 0.05) is 18.7 Å². The summed E-state index contributed by atoms with van der Waals surface area (Å²) in [7, 11) is 1.55. The van der Waals surface area contributed by atoms with Gasteiger partial charge in [-0.15, -0.1) is 34.0 Å². The van der Waals surface area contributed by atoms with E-state index in [0.717, 1.165) is 23.9 Å². The number of hydrogen-bond acceptors (Lipinski definition) is 5. The minimum Gasteiger partial charge on any atom is -0.479 e. The Morgan fingerprint density at radius 2 is 1.84 bits per heavy atom. The lowest BCUT2D eigenvalue weighted by Gasteiger charge is -2.25. The molecular weight excluding hydrogens is 617 g/mol. The van der Waals surface area contributed by atoms with Crippen LogP contribution in [0.3, 0.4) is 0 Å². The maximum Gasteiger partial charge on any atom is 0.416 e. The zero-order valence-corrected chi connectivity index (χ0v) is 23.4. The van der Waals surface area contributed by atoms with E-state index in [1.54, 1.807) is 36.3 Å². The van der Waals surface area contributed by atoms with Crippen LogP contribution in [0.2, 0.25) is 0 Å². The molecule has 4 aromatic rings. The lowest BCUT2D eigenvalue weighted by Crippen LogP contribution is -2.21. The topological polar surface area (TPSA) is 70.7 Å². The molecule has 0 saturated carbocycles. The predicted molar refractivity (Wildman–Crippen MR) is 145 cm³/mol. The summed E-state index contributed by atoms with van der Waals surface area (Å²) >= 11 is 0. The number of rotatable bonds is 5. The lowest BCUT2D eigenvalue weighted by atomic mass is 9.88. The zero-order chi connectivity index (χ0) is 24.6. The quantitative estimate of drug-likeness (QED) is 0.251. The number of halogens is 5. The highest BCUT2D eigenvalue weighted by Gasteiger charge is 2.37. The number of imidazole rings is 1. The van der Waals surface area contributed by atoms with Crippen molar-refractivity contribution in [3.63, 3.8) is 0 Å². The third-order valence-electron chi connectivity index (χ3n) is 5.98. The maximum absolute atomic E-state index is 13.6. The van der Waals surface area contributed by atoms with Crippen molar-refractivity contribution in [2.45, 2.75) is 38.4 Å². The smallest absolute Gasteiger partial charge is 0.416 e. The van der Waals surface area contributed by atoms with E-state index in [0.29, 0.717) is 36.2 Å². The maximum atomic E-state index is 13.6. The molecule has 0 N–H and O–H groups in total. The molecule has 0 amide bonds. The number of alkyl halides is 3. The SMILES string of the molecule is Br.Br.COc1nc(/C=C/c2nc3n(n2)CCC[C@H]3c2ccccc2C(F)(F)F)ccc1-n1cnc(C)c1. The number of nitrogens with zero attached hydrogens (tertiary/aromatic N) is 6. The van der Waals surface area contributed by atoms with Gasteiger partial charge < -0.3 is 9.30 Å². The monoisotopic (exact) mass is 640 g/mol. The summed E-state index contributed by atoms with van der Waals surface area (Å²) in [6, 6.07) is 9.42. The van der Waals surface area contributed by atoms with E-state index in [4.69, 9.17) is 4.74 Å². The second kappa shape index (κ2) is 11.6. The van der Waals surface area contributed by atoms with Crippen molar-refractivity contribution in [2.75, 3.05) is 7.11 Å². The predicted octanol–water partition coefficient (Wildman–Crippen LogP) is 6.45. The number of aryl methyl sites for hydroxylation is 2. The van der Waals surface area contributed by atoms with Crippen LogP contribution in [0.4, 0.5) is 13.2 Å². The van der Waals surface area contributed by atoms with Crippen LogP contribution in [0.1, 0.15) is 52.9 Å². The molecule has 0 unspecified atom stereocenters. The molecule has 0 saturated heterocycles. The molecule has 1 aromatic carbocycles. The van der Waals surface area contributed by atoms with Gasteiger partial charge in [0.05, 0.1) is 30.4 Å². The van der Waals surface area contributed by atoms with Crippen LogP contribution in [0.15, 0.2) is 48.9 Å². The minimum absolute atomic E-state index is 0. The van der Waals surface area contributed by atoms with Crippen molar-refractivity contribution in [2.24, 2.45) is 0 Å². The molecule has 0 spiro atoms. The number of hydrogen-bond donors (Lipinski definition) is 0. The minimum atomic E-state index is -4.42. The summed E-state index contributed by atoms with van der Waals surface area (Å²) in [5, 5.41) is 4.51. The van der Waals surface area contributed by atoms with Crippen molar-refractivity contribution in [3.8, 4) is 11.6 Å². The van der Waals surface area contributed by atoms with Crippen LogP contribution in [0, 0.1) is 6.92 Å². The molecule has 1 aliphatic rings. The Morgan fingerprint density at radius 3 is 2.54 bits per heavy atom. The Bertz CT molecular complexity index is 1400. The van der Waals surface area contributed by atoms with Gasteiger partial charge in [0.15, 0.2) is 5.82 Å². The van der Waals surface area contributed by atoms with Crippen molar-refractivity contribution in [1.82, 2.24) is 29.3 Å². The molecule has 1 atom stereocenters. The Hall–Kier alpha value is -2.99. The van der Waals surface area contributed by atoms with Crippen LogP contribution in [0.25, 0.3) is 17.8 Å². The Labute approximate surface area is 233 Å². The Morgan fingerprint density at radius 1 is 1.05 bits per heavy atom.